The van der Waals surface area contributed by atoms with Crippen LogP contribution in [0.15, 0.2) is 66.7 Å². The summed E-state index contributed by atoms with van der Waals surface area (Å²) in [5.41, 5.74) is 2.70. The van der Waals surface area contributed by atoms with Gasteiger partial charge in [-0.1, -0.05) is 80.4 Å². The highest BCUT2D eigenvalue weighted by Crippen LogP contribution is 2.26. The van der Waals surface area contributed by atoms with E-state index in [-0.39, 0.29) is 0 Å². The molecule has 0 aliphatic heterocycles. The standard InChI is InChI=1S/C21H26O/c1-3-4-15-21(22,17-19-11-7-5-8-12-19)16-18(2)20-13-9-6-10-14-20/h5-14,16,22H,3-4,15,17H2,1-2H3/b18-16-. The molecule has 0 radical (unpaired) electrons. The van der Waals surface area contributed by atoms with E-state index in [1.54, 1.807) is 0 Å². The summed E-state index contributed by atoms with van der Waals surface area (Å²) in [6.45, 7) is 4.24. The van der Waals surface area contributed by atoms with Gasteiger partial charge in [0.1, 0.15) is 0 Å². The Bertz CT molecular complexity index is 586. The summed E-state index contributed by atoms with van der Waals surface area (Å²) in [6, 6.07) is 20.5. The highest BCUT2D eigenvalue weighted by Gasteiger charge is 2.24. The second-order valence-corrected chi connectivity index (χ2v) is 6.06. The Morgan fingerprint density at radius 2 is 1.59 bits per heavy atom. The molecule has 1 heteroatoms. The van der Waals surface area contributed by atoms with Crippen molar-refractivity contribution < 1.29 is 5.11 Å². The number of aliphatic hydroxyl groups is 1. The minimum atomic E-state index is -0.780. The van der Waals surface area contributed by atoms with E-state index in [2.05, 4.69) is 38.1 Å². The van der Waals surface area contributed by atoms with Crippen molar-refractivity contribution >= 4 is 5.57 Å². The van der Waals surface area contributed by atoms with E-state index >= 15 is 0 Å². The second kappa shape index (κ2) is 7.95. The predicted molar refractivity (Wildman–Crippen MR) is 94.7 cm³/mol. The predicted octanol–water partition coefficient (Wildman–Crippen LogP) is 5.25. The monoisotopic (exact) mass is 294 g/mol. The Balaban J connectivity index is 2.24. The average molecular weight is 294 g/mol. The van der Waals surface area contributed by atoms with Crippen LogP contribution in [0.2, 0.25) is 0 Å². The molecule has 0 spiro atoms. The highest BCUT2D eigenvalue weighted by molar-refractivity contribution is 5.64. The van der Waals surface area contributed by atoms with Gasteiger partial charge in [-0.3, -0.25) is 0 Å². The smallest absolute Gasteiger partial charge is 0.0873 e. The zero-order valence-electron chi connectivity index (χ0n) is 13.6. The van der Waals surface area contributed by atoms with Gasteiger partial charge in [0.15, 0.2) is 0 Å². The molecule has 0 aromatic heterocycles. The van der Waals surface area contributed by atoms with Gasteiger partial charge in [-0.15, -0.1) is 0 Å². The van der Waals surface area contributed by atoms with Crippen LogP contribution in [0.4, 0.5) is 0 Å². The molecule has 1 nitrogen and oxygen atoms in total. The molecule has 0 heterocycles. The molecule has 0 aliphatic rings. The van der Waals surface area contributed by atoms with Crippen LogP contribution in [0.1, 0.15) is 44.2 Å². The van der Waals surface area contributed by atoms with Crippen LogP contribution in [0.3, 0.4) is 0 Å². The van der Waals surface area contributed by atoms with Crippen molar-refractivity contribution in [2.45, 2.75) is 45.1 Å². The molecule has 22 heavy (non-hydrogen) atoms. The number of hydrogen-bond donors (Lipinski definition) is 1. The van der Waals surface area contributed by atoms with Gasteiger partial charge in [-0.25, -0.2) is 0 Å². The lowest BCUT2D eigenvalue weighted by molar-refractivity contribution is 0.0798. The number of unbranched alkanes of at least 4 members (excludes halogenated alkanes) is 1. The summed E-state index contributed by atoms with van der Waals surface area (Å²) in [5, 5.41) is 11.2. The first-order chi connectivity index (χ1) is 10.6. The molecule has 1 atom stereocenters. The summed E-state index contributed by atoms with van der Waals surface area (Å²) in [6.07, 6.45) is 5.63. The number of hydrogen-bond acceptors (Lipinski definition) is 1. The van der Waals surface area contributed by atoms with Gasteiger partial charge in [0, 0.05) is 6.42 Å². The quantitative estimate of drug-likeness (QED) is 0.739. The Hall–Kier alpha value is -1.86. The molecule has 116 valence electrons. The molecule has 2 aromatic rings. The SMILES string of the molecule is CCCCC(O)(/C=C(/C)c1ccccc1)Cc1ccccc1. The van der Waals surface area contributed by atoms with E-state index in [0.29, 0.717) is 6.42 Å². The molecule has 2 rings (SSSR count). The fourth-order valence-corrected chi connectivity index (χ4v) is 2.83. The van der Waals surface area contributed by atoms with E-state index in [1.807, 2.05) is 42.5 Å². The number of rotatable bonds is 7. The minimum absolute atomic E-state index is 0.665. The Labute approximate surface area is 134 Å². The summed E-state index contributed by atoms with van der Waals surface area (Å²) in [5.74, 6) is 0. The maximum absolute atomic E-state index is 11.2. The molecule has 2 aromatic carbocycles. The first-order valence-electron chi connectivity index (χ1n) is 8.14. The van der Waals surface area contributed by atoms with E-state index in [9.17, 15) is 5.11 Å². The van der Waals surface area contributed by atoms with Crippen molar-refractivity contribution in [3.63, 3.8) is 0 Å². The maximum atomic E-state index is 11.2. The van der Waals surface area contributed by atoms with E-state index in [1.165, 1.54) is 11.1 Å². The molecular weight excluding hydrogens is 268 g/mol. The third-order valence-corrected chi connectivity index (χ3v) is 4.03. The van der Waals surface area contributed by atoms with Crippen molar-refractivity contribution in [1.29, 1.82) is 0 Å². The Morgan fingerprint density at radius 3 is 2.18 bits per heavy atom. The van der Waals surface area contributed by atoms with Crippen LogP contribution in [-0.2, 0) is 6.42 Å². The van der Waals surface area contributed by atoms with Gasteiger partial charge in [0.25, 0.3) is 0 Å². The van der Waals surface area contributed by atoms with Gasteiger partial charge < -0.3 is 5.11 Å². The van der Waals surface area contributed by atoms with E-state index < -0.39 is 5.60 Å². The lowest BCUT2D eigenvalue weighted by Gasteiger charge is -2.26. The van der Waals surface area contributed by atoms with Crippen LogP contribution >= 0.6 is 0 Å². The van der Waals surface area contributed by atoms with Gasteiger partial charge in [0.2, 0.25) is 0 Å². The zero-order chi connectivity index (χ0) is 15.8. The first kappa shape index (κ1) is 16.5. The summed E-state index contributed by atoms with van der Waals surface area (Å²) < 4.78 is 0. The lowest BCUT2D eigenvalue weighted by Crippen LogP contribution is -2.29. The largest absolute Gasteiger partial charge is 0.385 e. The second-order valence-electron chi connectivity index (χ2n) is 6.06. The van der Waals surface area contributed by atoms with Gasteiger partial charge in [-0.2, -0.15) is 0 Å². The van der Waals surface area contributed by atoms with Crippen LogP contribution in [0, 0.1) is 0 Å². The molecular formula is C21H26O. The molecule has 0 bridgehead atoms. The van der Waals surface area contributed by atoms with Gasteiger partial charge in [-0.05, 0) is 36.1 Å². The number of benzene rings is 2. The van der Waals surface area contributed by atoms with Crippen molar-refractivity contribution in [3.05, 3.63) is 77.9 Å². The molecule has 0 amide bonds. The molecule has 0 fully saturated rings. The Morgan fingerprint density at radius 1 is 1.00 bits per heavy atom. The normalized spacial score (nSPS) is 14.6. The van der Waals surface area contributed by atoms with Crippen LogP contribution < -0.4 is 0 Å². The molecule has 1 unspecified atom stereocenters. The summed E-state index contributed by atoms with van der Waals surface area (Å²) in [4.78, 5) is 0. The highest BCUT2D eigenvalue weighted by atomic mass is 16.3. The number of allylic oxidation sites excluding steroid dienone is 1. The van der Waals surface area contributed by atoms with Crippen LogP contribution in [0.25, 0.3) is 5.57 Å². The maximum Gasteiger partial charge on any atom is 0.0873 e. The fraction of sp³-hybridized carbons (Fsp3) is 0.333. The minimum Gasteiger partial charge on any atom is -0.385 e. The third-order valence-electron chi connectivity index (χ3n) is 4.03. The zero-order valence-corrected chi connectivity index (χ0v) is 13.6. The fourth-order valence-electron chi connectivity index (χ4n) is 2.83. The molecule has 1 N–H and O–H groups in total. The molecule has 0 saturated heterocycles. The van der Waals surface area contributed by atoms with Gasteiger partial charge in [0.05, 0.1) is 5.60 Å². The topological polar surface area (TPSA) is 20.2 Å². The average Bonchev–Trinajstić information content (AvgIpc) is 2.54. The van der Waals surface area contributed by atoms with Gasteiger partial charge >= 0.3 is 0 Å². The summed E-state index contributed by atoms with van der Waals surface area (Å²) in [7, 11) is 0. The van der Waals surface area contributed by atoms with Crippen LogP contribution in [0.5, 0.6) is 0 Å². The van der Waals surface area contributed by atoms with Crippen molar-refractivity contribution in [1.82, 2.24) is 0 Å². The van der Waals surface area contributed by atoms with Crippen molar-refractivity contribution in [2.24, 2.45) is 0 Å². The Kier molecular flexibility index (Phi) is 5.97. The van der Waals surface area contributed by atoms with Crippen molar-refractivity contribution in [3.8, 4) is 0 Å². The van der Waals surface area contributed by atoms with E-state index in [0.717, 1.165) is 24.8 Å². The first-order valence-corrected chi connectivity index (χ1v) is 8.14. The molecule has 0 aliphatic carbocycles. The third kappa shape index (κ3) is 4.85. The van der Waals surface area contributed by atoms with E-state index in [4.69, 9.17) is 0 Å². The molecule has 0 saturated carbocycles. The van der Waals surface area contributed by atoms with Crippen molar-refractivity contribution in [2.75, 3.05) is 0 Å². The van der Waals surface area contributed by atoms with Crippen LogP contribution in [-0.4, -0.2) is 10.7 Å². The summed E-state index contributed by atoms with van der Waals surface area (Å²) >= 11 is 0. The lowest BCUT2D eigenvalue weighted by atomic mass is 9.86.